The van der Waals surface area contributed by atoms with Crippen molar-refractivity contribution in [3.63, 3.8) is 0 Å². The number of nitrogens with one attached hydrogen (secondary N) is 2. The second-order valence-electron chi connectivity index (χ2n) is 10.9. The van der Waals surface area contributed by atoms with Crippen LogP contribution >= 0.6 is 35.0 Å². The van der Waals surface area contributed by atoms with Crippen molar-refractivity contribution in [2.24, 2.45) is 0 Å². The Labute approximate surface area is 265 Å². The normalized spacial score (nSPS) is 21.0. The van der Waals surface area contributed by atoms with Crippen molar-refractivity contribution >= 4 is 57.7 Å². The summed E-state index contributed by atoms with van der Waals surface area (Å²) in [5, 5.41) is 5.14. The number of aromatic nitrogens is 2. The first kappa shape index (κ1) is 30.0. The molecule has 2 aliphatic rings. The Morgan fingerprint density at radius 3 is 2.70 bits per heavy atom. The minimum absolute atomic E-state index is 0.0494. The molecule has 2 aromatic heterocycles. The van der Waals surface area contributed by atoms with E-state index in [2.05, 4.69) is 20.2 Å². The number of pyridine rings is 1. The van der Waals surface area contributed by atoms with Crippen molar-refractivity contribution in [3.8, 4) is 0 Å². The molecule has 8 nitrogen and oxygen atoms in total. The number of carbonyl (C=O) groups excluding carboxylic acids is 2. The zero-order valence-corrected chi connectivity index (χ0v) is 25.9. The Hall–Kier alpha value is -3.08. The molecule has 4 aromatic rings. The van der Waals surface area contributed by atoms with E-state index in [1.165, 1.54) is 11.8 Å². The van der Waals surface area contributed by atoms with Gasteiger partial charge in [0.2, 0.25) is 11.8 Å². The smallest absolute Gasteiger partial charge is 0.239 e. The van der Waals surface area contributed by atoms with Crippen molar-refractivity contribution in [2.75, 3.05) is 39.4 Å². The first-order valence-corrected chi connectivity index (χ1v) is 16.0. The van der Waals surface area contributed by atoms with E-state index in [1.54, 1.807) is 12.3 Å². The van der Waals surface area contributed by atoms with Gasteiger partial charge in [0.05, 0.1) is 25.7 Å². The Morgan fingerprint density at radius 2 is 1.93 bits per heavy atom. The number of ether oxygens (including phenoxy) is 1. The third-order valence-electron chi connectivity index (χ3n) is 8.07. The Bertz CT molecular complexity index is 1580. The number of carbonyl (C=O) groups is 2. The fraction of sp³-hybridized carbons (Fsp3) is 0.344. The summed E-state index contributed by atoms with van der Waals surface area (Å²) in [6, 6.07) is 18.5. The maximum atomic E-state index is 14.5. The largest absolute Gasteiger partial charge is 0.379 e. The SMILES string of the molecule is O=C1CC(Sc2ccccc2)(C(=O)NCCCN2CCOCC2)[C@H](c2c[nH]c3cc(Cl)ccc23)N1Cc1ccc(Cl)nc1. The van der Waals surface area contributed by atoms with Gasteiger partial charge in [-0.25, -0.2) is 4.98 Å². The number of likely N-dealkylation sites (tertiary alicyclic amines) is 1. The predicted octanol–water partition coefficient (Wildman–Crippen LogP) is 5.71. The monoisotopic (exact) mass is 637 g/mol. The van der Waals surface area contributed by atoms with Crippen molar-refractivity contribution in [3.05, 3.63) is 94.4 Å². The molecule has 1 unspecified atom stereocenters. The quantitative estimate of drug-likeness (QED) is 0.171. The van der Waals surface area contributed by atoms with Gasteiger partial charge in [-0.1, -0.05) is 53.5 Å². The van der Waals surface area contributed by atoms with Crippen LogP contribution in [-0.2, 0) is 20.9 Å². The van der Waals surface area contributed by atoms with E-state index >= 15 is 0 Å². The van der Waals surface area contributed by atoms with Gasteiger partial charge < -0.3 is 19.9 Å². The number of benzene rings is 2. The lowest BCUT2D eigenvalue weighted by molar-refractivity contribution is -0.129. The number of nitrogens with zero attached hydrogens (tertiary/aromatic N) is 3. The molecule has 0 radical (unpaired) electrons. The topological polar surface area (TPSA) is 90.6 Å². The fourth-order valence-electron chi connectivity index (χ4n) is 5.98. The number of rotatable bonds is 10. The van der Waals surface area contributed by atoms with E-state index < -0.39 is 10.8 Å². The number of aromatic amines is 1. The van der Waals surface area contributed by atoms with Gasteiger partial charge >= 0.3 is 0 Å². The Balaban J connectivity index is 1.38. The number of hydrogen-bond acceptors (Lipinski definition) is 6. The van der Waals surface area contributed by atoms with Gasteiger partial charge in [-0.15, -0.1) is 11.8 Å². The van der Waals surface area contributed by atoms with Crippen LogP contribution in [0.5, 0.6) is 0 Å². The van der Waals surface area contributed by atoms with Crippen molar-refractivity contribution < 1.29 is 14.3 Å². The molecule has 6 rings (SSSR count). The molecule has 0 saturated carbocycles. The molecule has 2 saturated heterocycles. The highest BCUT2D eigenvalue weighted by Crippen LogP contribution is 2.54. The van der Waals surface area contributed by atoms with Gasteiger partial charge in [-0.3, -0.25) is 14.5 Å². The minimum Gasteiger partial charge on any atom is -0.379 e. The highest BCUT2D eigenvalue weighted by atomic mass is 35.5. The van der Waals surface area contributed by atoms with E-state index in [-0.39, 0.29) is 24.8 Å². The summed E-state index contributed by atoms with van der Waals surface area (Å²) in [6.45, 7) is 4.95. The summed E-state index contributed by atoms with van der Waals surface area (Å²) in [4.78, 5) is 41.2. The molecule has 43 heavy (non-hydrogen) atoms. The average molecular weight is 639 g/mol. The van der Waals surface area contributed by atoms with Gasteiger partial charge in [0.1, 0.15) is 9.90 Å². The van der Waals surface area contributed by atoms with E-state index in [4.69, 9.17) is 27.9 Å². The van der Waals surface area contributed by atoms with E-state index in [0.717, 1.165) is 66.2 Å². The van der Waals surface area contributed by atoms with Crippen LogP contribution in [0.3, 0.4) is 0 Å². The lowest BCUT2D eigenvalue weighted by Crippen LogP contribution is -2.48. The van der Waals surface area contributed by atoms with Gasteiger partial charge in [-0.2, -0.15) is 0 Å². The fourth-order valence-corrected chi connectivity index (χ4v) is 7.71. The molecule has 4 heterocycles. The van der Waals surface area contributed by atoms with Gasteiger partial charge in [0, 0.05) is 65.0 Å². The van der Waals surface area contributed by atoms with Crippen LogP contribution in [0, 0.1) is 0 Å². The zero-order valence-electron chi connectivity index (χ0n) is 23.6. The van der Waals surface area contributed by atoms with Crippen LogP contribution in [0.2, 0.25) is 10.2 Å². The van der Waals surface area contributed by atoms with Crippen LogP contribution in [0.15, 0.2) is 78.0 Å². The molecule has 11 heteroatoms. The standard InChI is InChI=1S/C32H33Cl2N5O3S/c33-23-8-9-25-26(20-36-27(25)17-23)30-32(43-24-5-2-1-3-6-24,31(41)35-11-4-12-38-13-15-42-16-14-38)18-29(40)39(30)21-22-7-10-28(34)37-19-22/h1-3,5-10,17,19-20,30,36H,4,11-16,18,21H2,(H,35,41)/t30-,32?/m0/s1. The first-order valence-electron chi connectivity index (χ1n) is 14.4. The van der Waals surface area contributed by atoms with Crippen LogP contribution in [0.4, 0.5) is 0 Å². The zero-order chi connectivity index (χ0) is 29.8. The van der Waals surface area contributed by atoms with Crippen LogP contribution < -0.4 is 5.32 Å². The third-order valence-corrected chi connectivity index (χ3v) is 9.95. The summed E-state index contributed by atoms with van der Waals surface area (Å²) in [6.07, 6.45) is 4.44. The number of amides is 2. The molecule has 224 valence electrons. The highest BCUT2D eigenvalue weighted by molar-refractivity contribution is 8.01. The average Bonchev–Trinajstić information content (AvgIpc) is 3.54. The molecule has 0 spiro atoms. The summed E-state index contributed by atoms with van der Waals surface area (Å²) in [7, 11) is 0. The van der Waals surface area contributed by atoms with Crippen molar-refractivity contribution in [2.45, 2.75) is 35.1 Å². The molecule has 2 amide bonds. The molecule has 2 fully saturated rings. The van der Waals surface area contributed by atoms with E-state index in [1.807, 2.05) is 65.7 Å². The van der Waals surface area contributed by atoms with Gasteiger partial charge in [0.25, 0.3) is 0 Å². The summed E-state index contributed by atoms with van der Waals surface area (Å²) in [5.74, 6) is -0.253. The number of fused-ring (bicyclic) bond motifs is 1. The summed E-state index contributed by atoms with van der Waals surface area (Å²) in [5.41, 5.74) is 2.54. The van der Waals surface area contributed by atoms with Crippen LogP contribution in [0.25, 0.3) is 10.9 Å². The molecular weight excluding hydrogens is 605 g/mol. The molecule has 2 atom stereocenters. The molecule has 2 aromatic carbocycles. The number of thioether (sulfide) groups is 1. The number of morpholine rings is 1. The number of halogens is 2. The molecule has 2 N–H and O–H groups in total. The Kier molecular flexibility index (Phi) is 9.25. The first-order chi connectivity index (χ1) is 20.9. The molecule has 0 aliphatic carbocycles. The predicted molar refractivity (Wildman–Crippen MR) is 170 cm³/mol. The van der Waals surface area contributed by atoms with E-state index in [9.17, 15) is 9.59 Å². The van der Waals surface area contributed by atoms with Crippen LogP contribution in [-0.4, -0.2) is 75.7 Å². The van der Waals surface area contributed by atoms with Crippen LogP contribution in [0.1, 0.15) is 30.0 Å². The van der Waals surface area contributed by atoms with Gasteiger partial charge in [-0.05, 0) is 48.9 Å². The number of hydrogen-bond donors (Lipinski definition) is 2. The maximum absolute atomic E-state index is 14.5. The third kappa shape index (κ3) is 6.56. The molecule has 2 aliphatic heterocycles. The van der Waals surface area contributed by atoms with Gasteiger partial charge in [0.15, 0.2) is 0 Å². The molecule has 0 bridgehead atoms. The minimum atomic E-state index is -1.13. The number of H-pyrrole nitrogens is 1. The van der Waals surface area contributed by atoms with Crippen molar-refractivity contribution in [1.82, 2.24) is 25.1 Å². The molecular formula is C32H33Cl2N5O3S. The summed E-state index contributed by atoms with van der Waals surface area (Å²) >= 11 is 13.8. The lowest BCUT2D eigenvalue weighted by Gasteiger charge is -2.36. The highest BCUT2D eigenvalue weighted by Gasteiger charge is 2.58. The van der Waals surface area contributed by atoms with Crippen molar-refractivity contribution in [1.29, 1.82) is 0 Å². The lowest BCUT2D eigenvalue weighted by atomic mass is 9.91. The maximum Gasteiger partial charge on any atom is 0.239 e. The summed E-state index contributed by atoms with van der Waals surface area (Å²) < 4.78 is 4.33. The Morgan fingerprint density at radius 1 is 1.12 bits per heavy atom. The second-order valence-corrected chi connectivity index (χ2v) is 13.1. The second kappa shape index (κ2) is 13.3. The van der Waals surface area contributed by atoms with E-state index in [0.29, 0.717) is 16.7 Å².